The third-order valence-corrected chi connectivity index (χ3v) is 26.1. The van der Waals surface area contributed by atoms with Crippen LogP contribution in [-0.4, -0.2) is 50.2 Å². The highest BCUT2D eigenvalue weighted by molar-refractivity contribution is 6.16. The Morgan fingerprint density at radius 1 is 0.206 bits per heavy atom. The third kappa shape index (κ3) is 19.7. The van der Waals surface area contributed by atoms with Crippen LogP contribution in [0.4, 0.5) is 11.9 Å². The molecule has 692 valence electrons. The summed E-state index contributed by atoms with van der Waals surface area (Å²) in [6, 6.07) is 35.7. The summed E-state index contributed by atoms with van der Waals surface area (Å²) in [5, 5.41) is 30.2. The molecule has 0 aliphatic heterocycles. The van der Waals surface area contributed by atoms with Crippen LogP contribution in [0.1, 0.15) is 189 Å². The topological polar surface area (TPSA) is 140 Å². The van der Waals surface area contributed by atoms with Gasteiger partial charge in [-0.05, 0) is 426 Å². The van der Waals surface area contributed by atoms with Crippen LogP contribution in [0, 0.1) is 166 Å². The van der Waals surface area contributed by atoms with Crippen LogP contribution in [0.3, 0.4) is 0 Å². The molecule has 4 heterocycles. The molecule has 0 amide bonds. The van der Waals surface area contributed by atoms with Gasteiger partial charge in [0.15, 0.2) is 0 Å². The number of aromatic nitrogens is 8. The zero-order valence-corrected chi connectivity index (χ0v) is 85.9. The molecular weight excluding hydrogens is 1670 g/mol. The van der Waals surface area contributed by atoms with Crippen molar-refractivity contribution in [3.63, 3.8) is 0 Å². The summed E-state index contributed by atoms with van der Waals surface area (Å²) in [7, 11) is 0. The maximum Gasteiger partial charge on any atom is 0.239 e. The van der Waals surface area contributed by atoms with E-state index >= 15 is 0 Å². The molecule has 0 radical (unpaired) electrons. The summed E-state index contributed by atoms with van der Waals surface area (Å²) >= 11 is 0. The predicted octanol–water partition coefficient (Wildman–Crippen LogP) is 28.0. The van der Waals surface area contributed by atoms with Crippen LogP contribution in [0.5, 0.6) is 0 Å². The lowest BCUT2D eigenvalue weighted by atomic mass is 9.93. The molecule has 0 unspecified atom stereocenters. The average Bonchev–Trinajstić information content (AvgIpc) is 1.60. The third-order valence-electron chi connectivity index (χ3n) is 26.1. The fourth-order valence-corrected chi connectivity index (χ4v) is 21.5. The van der Waals surface area contributed by atoms with Crippen LogP contribution >= 0.6 is 0 Å². The van der Waals surface area contributed by atoms with Crippen molar-refractivity contribution in [1.82, 2.24) is 27.4 Å². The fourth-order valence-electron chi connectivity index (χ4n) is 21.5. The molecule has 0 bridgehead atoms. The van der Waals surface area contributed by atoms with Crippen LogP contribution in [-0.2, 0) is 0 Å². The van der Waals surface area contributed by atoms with Gasteiger partial charge < -0.3 is 0 Å². The Balaban J connectivity index is 0.000000207. The maximum atomic E-state index is 5.08. The minimum Gasteiger partial charge on any atom is -0.284 e. The molecule has 0 saturated heterocycles. The van der Waals surface area contributed by atoms with Gasteiger partial charge in [-0.2, -0.15) is 0 Å². The summed E-state index contributed by atoms with van der Waals surface area (Å²) in [6.07, 6.45) is 43.1. The SMILES string of the molecule is CC1=CC(=CC=C2C=C(C)C(=NN=c3n(-c4c(C)cc(C)cc4C)ccn3-c3c(C)cc(C)cc3C)C(C)=C2)C=C(C)C1=NN=c1n(-c2c(C)cc(C)cc2C)ccn1-c1c(C)cc(C)cc1C.CC1=CC(=CC=C2C=C(C)C(=N[N-]c3n(-c4c(C)cc(C)cc4C)cc[n+]3-c3c(C)cc(C)cc3C)C(C)=C2)C=C(C)C1=N[N-]c1n(-c2c(C)cc(C)cc2C)cc[n+]1-c1c(C)cc(C)cc1C. The second-order valence-electron chi connectivity index (χ2n) is 38.8. The van der Waals surface area contributed by atoms with E-state index in [1.54, 1.807) is 0 Å². The summed E-state index contributed by atoms with van der Waals surface area (Å²) < 4.78 is 17.4. The van der Waals surface area contributed by atoms with E-state index in [0.717, 1.165) is 158 Å². The van der Waals surface area contributed by atoms with Crippen LogP contribution in [0.2, 0.25) is 0 Å². The Morgan fingerprint density at radius 3 is 0.581 bits per heavy atom. The second kappa shape index (κ2) is 39.1. The Labute approximate surface area is 805 Å². The average molecular weight is 1800 g/mol. The molecule has 0 atom stereocenters. The van der Waals surface area contributed by atoms with Gasteiger partial charge in [0.1, 0.15) is 0 Å². The highest BCUT2D eigenvalue weighted by atomic mass is 15.4. The minimum absolute atomic E-state index is 0.743. The van der Waals surface area contributed by atoms with Crippen LogP contribution in [0.15, 0.2) is 317 Å². The molecule has 0 fully saturated rings. The van der Waals surface area contributed by atoms with Crippen molar-refractivity contribution in [3.05, 3.63) is 442 Å². The largest absolute Gasteiger partial charge is 0.284 e. The lowest BCUT2D eigenvalue weighted by molar-refractivity contribution is -0.579. The van der Waals surface area contributed by atoms with Crippen molar-refractivity contribution in [1.29, 1.82) is 0 Å². The van der Waals surface area contributed by atoms with Crippen LogP contribution in [0.25, 0.3) is 56.4 Å². The smallest absolute Gasteiger partial charge is 0.239 e. The Bertz CT molecular complexity index is 6680. The van der Waals surface area contributed by atoms with Gasteiger partial charge in [-0.3, -0.25) is 36.5 Å². The summed E-state index contributed by atoms with van der Waals surface area (Å²) in [5.41, 5.74) is 65.9. The van der Waals surface area contributed by atoms with E-state index in [9.17, 15) is 0 Å². The standard InChI is InChI=1S/2C60H66N8/c2*1-35-23-43(9)55(44(10)24-35)65-19-20-66(56-45(11)25-36(2)26-46(56)12)59(65)63-61-53-39(5)31-51(32-40(53)6)17-18-52-33-41(7)54(42(8)34-52)62-64-60-67(57-47(13)27-37(3)28-48(57)14)21-22-68(60)58-49(15)29-38(4)30-50(58)16/h2*17-34H,1-16H3. The lowest BCUT2D eigenvalue weighted by Gasteiger charge is -2.19. The Kier molecular flexibility index (Phi) is 27.6. The first-order valence-electron chi connectivity index (χ1n) is 47.2. The number of aryl methyl sites for hydroxylation is 24. The molecule has 4 aromatic heterocycles. The molecule has 4 aliphatic rings. The lowest BCUT2D eigenvalue weighted by Crippen LogP contribution is -2.31. The van der Waals surface area contributed by atoms with Gasteiger partial charge in [0, 0.05) is 49.6 Å². The molecule has 4 aliphatic carbocycles. The predicted molar refractivity (Wildman–Crippen MR) is 568 cm³/mol. The van der Waals surface area contributed by atoms with Gasteiger partial charge in [-0.25, -0.2) is 0 Å². The van der Waals surface area contributed by atoms with E-state index in [1.807, 2.05) is 0 Å². The highest BCUT2D eigenvalue weighted by Gasteiger charge is 2.26. The molecule has 12 aromatic rings. The second-order valence-corrected chi connectivity index (χ2v) is 38.8. The first kappa shape index (κ1) is 96.0. The van der Waals surface area contributed by atoms with Crippen molar-refractivity contribution >= 4 is 34.7 Å². The quantitative estimate of drug-likeness (QED) is 0.0672. The van der Waals surface area contributed by atoms with Gasteiger partial charge in [0.05, 0.1) is 68.3 Å². The van der Waals surface area contributed by atoms with Gasteiger partial charge in [0.2, 0.25) is 23.1 Å². The molecule has 16 rings (SSSR count). The van der Waals surface area contributed by atoms with E-state index in [-0.39, 0.29) is 0 Å². The normalized spacial score (nSPS) is 13.8. The molecule has 16 nitrogen and oxygen atoms in total. The van der Waals surface area contributed by atoms with Gasteiger partial charge in [-0.15, -0.1) is 41.5 Å². The highest BCUT2D eigenvalue weighted by Crippen LogP contribution is 2.37. The number of imidazole rings is 4. The van der Waals surface area contributed by atoms with Crippen LogP contribution < -0.4 is 20.4 Å². The van der Waals surface area contributed by atoms with Gasteiger partial charge in [0.25, 0.3) is 0 Å². The molecule has 0 spiro atoms. The summed E-state index contributed by atoms with van der Waals surface area (Å²) in [5.74, 6) is 1.49. The maximum absolute atomic E-state index is 5.08. The molecule has 0 N–H and O–H groups in total. The number of hydrogen-bond donors (Lipinski definition) is 0. The van der Waals surface area contributed by atoms with Gasteiger partial charge in [-0.1, -0.05) is 166 Å². The first-order chi connectivity index (χ1) is 64.6. The van der Waals surface area contributed by atoms with Crippen molar-refractivity contribution in [2.45, 2.75) is 222 Å². The molecule has 0 saturated carbocycles. The van der Waals surface area contributed by atoms with Crippen molar-refractivity contribution in [2.75, 3.05) is 0 Å². The first-order valence-corrected chi connectivity index (χ1v) is 47.2. The van der Waals surface area contributed by atoms with Crippen molar-refractivity contribution < 1.29 is 9.13 Å². The molecule has 16 heteroatoms. The molecule has 136 heavy (non-hydrogen) atoms. The zero-order chi connectivity index (χ0) is 97.8. The number of nitrogens with zero attached hydrogens (tertiary/aromatic N) is 16. The van der Waals surface area contributed by atoms with E-state index < -0.39 is 0 Å². The van der Waals surface area contributed by atoms with E-state index in [0.29, 0.717) is 0 Å². The fraction of sp³-hybridized carbons (Fsp3) is 0.267. The van der Waals surface area contributed by atoms with Crippen molar-refractivity contribution in [3.8, 4) is 45.5 Å². The monoisotopic (exact) mass is 1800 g/mol. The van der Waals surface area contributed by atoms with Gasteiger partial charge >= 0.3 is 0 Å². The number of allylic oxidation sites excluding steroid dienone is 24. The van der Waals surface area contributed by atoms with E-state index in [2.05, 4.69) is 478 Å². The van der Waals surface area contributed by atoms with Crippen molar-refractivity contribution in [2.24, 2.45) is 30.6 Å². The Morgan fingerprint density at radius 2 is 0.382 bits per heavy atom. The van der Waals surface area contributed by atoms with E-state index in [4.69, 9.17) is 41.5 Å². The minimum atomic E-state index is 0.743. The number of rotatable bonds is 16. The summed E-state index contributed by atoms with van der Waals surface area (Å²) in [6.45, 7) is 68.8. The molecular formula is C120H132N16. The zero-order valence-electron chi connectivity index (χ0n) is 85.9. The number of benzene rings is 8. The molecule has 8 aromatic carbocycles. The summed E-state index contributed by atoms with van der Waals surface area (Å²) in [4.78, 5) is 0. The van der Waals surface area contributed by atoms with E-state index in [1.165, 1.54) is 134 Å². The number of hydrogen-bond acceptors (Lipinski definition) is 6. The Hall–Kier alpha value is -14.6.